The van der Waals surface area contributed by atoms with Crippen molar-refractivity contribution < 1.29 is 19.0 Å². The van der Waals surface area contributed by atoms with E-state index in [1.807, 2.05) is 36.9 Å². The van der Waals surface area contributed by atoms with E-state index in [0.717, 1.165) is 24.3 Å². The molecule has 0 saturated carbocycles. The molecule has 1 saturated heterocycles. The highest BCUT2D eigenvalue weighted by molar-refractivity contribution is 5.93. The van der Waals surface area contributed by atoms with Gasteiger partial charge in [-0.25, -0.2) is 4.98 Å². The molecule has 0 spiro atoms. The number of morpholine rings is 1. The van der Waals surface area contributed by atoms with Gasteiger partial charge in [-0.05, 0) is 31.5 Å². The number of nitrogens with zero attached hydrogens (tertiary/aromatic N) is 3. The van der Waals surface area contributed by atoms with Crippen molar-refractivity contribution in [2.75, 3.05) is 50.2 Å². The lowest BCUT2D eigenvalue weighted by Gasteiger charge is -2.27. The maximum absolute atomic E-state index is 12.3. The molecule has 1 amide bonds. The molecule has 27 heavy (non-hydrogen) atoms. The average Bonchev–Trinajstić information content (AvgIpc) is 2.67. The molecule has 0 bridgehead atoms. The maximum Gasteiger partial charge on any atom is 0.262 e. The zero-order valence-corrected chi connectivity index (χ0v) is 15.8. The number of benzene rings is 1. The van der Waals surface area contributed by atoms with Crippen LogP contribution in [0.3, 0.4) is 0 Å². The molecule has 0 atom stereocenters. The number of hydrogen-bond acceptors (Lipinski definition) is 7. The third kappa shape index (κ3) is 5.07. The van der Waals surface area contributed by atoms with Crippen LogP contribution in [0, 0.1) is 13.8 Å². The number of anilines is 2. The number of methoxy groups -OCH3 is 1. The van der Waals surface area contributed by atoms with Crippen LogP contribution in [0.2, 0.25) is 0 Å². The van der Waals surface area contributed by atoms with Crippen LogP contribution < -0.4 is 19.7 Å². The van der Waals surface area contributed by atoms with Gasteiger partial charge in [0.25, 0.3) is 5.91 Å². The number of carbonyl (C=O) groups excluding carboxylic acids is 1. The second-order valence-corrected chi connectivity index (χ2v) is 6.29. The first kappa shape index (κ1) is 18.9. The Morgan fingerprint density at radius 2 is 2.00 bits per heavy atom. The molecule has 0 radical (unpaired) electrons. The van der Waals surface area contributed by atoms with Crippen LogP contribution in [0.4, 0.5) is 11.6 Å². The molecule has 1 fully saturated rings. The van der Waals surface area contributed by atoms with E-state index in [-0.39, 0.29) is 12.5 Å². The monoisotopic (exact) mass is 372 g/mol. The topological polar surface area (TPSA) is 85.8 Å². The minimum atomic E-state index is -0.289. The van der Waals surface area contributed by atoms with Gasteiger partial charge < -0.3 is 24.4 Å². The Hall–Kier alpha value is -2.87. The standard InChI is InChI=1S/C19H24N4O4/c1-13-4-5-16(25-3)15(10-13)21-17(24)12-27-18-11-14(2)20-19(22-18)23-6-8-26-9-7-23/h4-5,10-11H,6-9,12H2,1-3H3,(H,21,24). The summed E-state index contributed by atoms with van der Waals surface area (Å²) in [7, 11) is 1.56. The quantitative estimate of drug-likeness (QED) is 0.829. The van der Waals surface area contributed by atoms with Gasteiger partial charge in [-0.1, -0.05) is 6.07 Å². The van der Waals surface area contributed by atoms with Gasteiger partial charge in [-0.15, -0.1) is 0 Å². The summed E-state index contributed by atoms with van der Waals surface area (Å²) in [5.74, 6) is 1.27. The lowest BCUT2D eigenvalue weighted by atomic mass is 10.2. The van der Waals surface area contributed by atoms with E-state index >= 15 is 0 Å². The van der Waals surface area contributed by atoms with Gasteiger partial charge in [0.05, 0.1) is 26.0 Å². The van der Waals surface area contributed by atoms with Crippen molar-refractivity contribution in [2.24, 2.45) is 0 Å². The first-order valence-electron chi connectivity index (χ1n) is 8.81. The summed E-state index contributed by atoms with van der Waals surface area (Å²) >= 11 is 0. The summed E-state index contributed by atoms with van der Waals surface area (Å²) in [6.07, 6.45) is 0. The molecule has 0 unspecified atom stereocenters. The molecule has 8 heteroatoms. The molecule has 2 aromatic rings. The van der Waals surface area contributed by atoms with Crippen molar-refractivity contribution in [3.8, 4) is 11.6 Å². The van der Waals surface area contributed by atoms with Crippen molar-refractivity contribution in [1.82, 2.24) is 9.97 Å². The Bertz CT molecular complexity index is 806. The predicted octanol–water partition coefficient (Wildman–Crippen LogP) is 1.96. The molecule has 1 aliphatic rings. The highest BCUT2D eigenvalue weighted by Crippen LogP contribution is 2.25. The van der Waals surface area contributed by atoms with Crippen LogP contribution in [-0.2, 0) is 9.53 Å². The van der Waals surface area contributed by atoms with Gasteiger partial charge in [-0.3, -0.25) is 4.79 Å². The van der Waals surface area contributed by atoms with Crippen LogP contribution in [0.5, 0.6) is 11.6 Å². The molecule has 144 valence electrons. The molecule has 1 aromatic heterocycles. The summed E-state index contributed by atoms with van der Waals surface area (Å²) in [6.45, 7) is 6.42. The lowest BCUT2D eigenvalue weighted by Crippen LogP contribution is -2.37. The van der Waals surface area contributed by atoms with Gasteiger partial charge >= 0.3 is 0 Å². The van der Waals surface area contributed by atoms with Crippen LogP contribution in [-0.4, -0.2) is 55.9 Å². The van der Waals surface area contributed by atoms with Crippen LogP contribution in [0.1, 0.15) is 11.3 Å². The third-order valence-corrected chi connectivity index (χ3v) is 4.09. The highest BCUT2D eigenvalue weighted by atomic mass is 16.5. The molecule has 1 aromatic carbocycles. The summed E-state index contributed by atoms with van der Waals surface area (Å²) in [4.78, 5) is 23.2. The van der Waals surface area contributed by atoms with E-state index in [0.29, 0.717) is 36.5 Å². The van der Waals surface area contributed by atoms with Gasteiger partial charge in [0.15, 0.2) is 6.61 Å². The number of carbonyl (C=O) groups is 1. The van der Waals surface area contributed by atoms with Crippen molar-refractivity contribution in [3.63, 3.8) is 0 Å². The third-order valence-electron chi connectivity index (χ3n) is 4.09. The summed E-state index contributed by atoms with van der Waals surface area (Å²) < 4.78 is 16.2. The van der Waals surface area contributed by atoms with Gasteiger partial charge in [0.1, 0.15) is 5.75 Å². The smallest absolute Gasteiger partial charge is 0.262 e. The first-order chi connectivity index (χ1) is 13.0. The van der Waals surface area contributed by atoms with Crippen molar-refractivity contribution in [2.45, 2.75) is 13.8 Å². The van der Waals surface area contributed by atoms with Crippen LogP contribution >= 0.6 is 0 Å². The molecular formula is C19H24N4O4. The largest absolute Gasteiger partial charge is 0.495 e. The first-order valence-corrected chi connectivity index (χ1v) is 8.81. The Labute approximate surface area is 158 Å². The van der Waals surface area contributed by atoms with Gasteiger partial charge in [0.2, 0.25) is 11.8 Å². The van der Waals surface area contributed by atoms with E-state index in [1.54, 1.807) is 13.2 Å². The van der Waals surface area contributed by atoms with Crippen LogP contribution in [0.25, 0.3) is 0 Å². The number of aryl methyl sites for hydroxylation is 2. The number of rotatable bonds is 6. The predicted molar refractivity (Wildman–Crippen MR) is 102 cm³/mol. The van der Waals surface area contributed by atoms with E-state index < -0.39 is 0 Å². The summed E-state index contributed by atoms with van der Waals surface area (Å²) in [5, 5.41) is 2.81. The fourth-order valence-corrected chi connectivity index (χ4v) is 2.75. The van der Waals surface area contributed by atoms with E-state index in [1.165, 1.54) is 0 Å². The fourth-order valence-electron chi connectivity index (χ4n) is 2.75. The highest BCUT2D eigenvalue weighted by Gasteiger charge is 2.16. The Balaban J connectivity index is 1.63. The van der Waals surface area contributed by atoms with E-state index in [4.69, 9.17) is 14.2 Å². The molecule has 3 rings (SSSR count). The number of nitrogens with one attached hydrogen (secondary N) is 1. The molecule has 2 heterocycles. The fraction of sp³-hybridized carbons (Fsp3) is 0.421. The zero-order valence-electron chi connectivity index (χ0n) is 15.8. The van der Waals surface area contributed by atoms with E-state index in [2.05, 4.69) is 15.3 Å². The van der Waals surface area contributed by atoms with E-state index in [9.17, 15) is 4.79 Å². The molecule has 1 N–H and O–H groups in total. The number of ether oxygens (including phenoxy) is 3. The summed E-state index contributed by atoms with van der Waals surface area (Å²) in [6, 6.07) is 7.29. The molecule has 8 nitrogen and oxygen atoms in total. The normalized spacial score (nSPS) is 14.0. The zero-order chi connectivity index (χ0) is 19.2. The van der Waals surface area contributed by atoms with Crippen molar-refractivity contribution in [1.29, 1.82) is 0 Å². The Morgan fingerprint density at radius 1 is 1.22 bits per heavy atom. The van der Waals surface area contributed by atoms with Crippen molar-refractivity contribution in [3.05, 3.63) is 35.5 Å². The molecule has 0 aliphatic carbocycles. The second kappa shape index (κ2) is 8.68. The lowest BCUT2D eigenvalue weighted by molar-refractivity contribution is -0.118. The molecular weight excluding hydrogens is 348 g/mol. The van der Waals surface area contributed by atoms with Crippen LogP contribution in [0.15, 0.2) is 24.3 Å². The Morgan fingerprint density at radius 3 is 2.74 bits per heavy atom. The Kier molecular flexibility index (Phi) is 6.08. The summed E-state index contributed by atoms with van der Waals surface area (Å²) in [5.41, 5.74) is 2.41. The SMILES string of the molecule is COc1ccc(C)cc1NC(=O)COc1cc(C)nc(N2CCOCC2)n1. The minimum absolute atomic E-state index is 0.157. The number of aromatic nitrogens is 2. The molecule has 1 aliphatic heterocycles. The second-order valence-electron chi connectivity index (χ2n) is 6.29. The minimum Gasteiger partial charge on any atom is -0.495 e. The maximum atomic E-state index is 12.3. The van der Waals surface area contributed by atoms with Gasteiger partial charge in [-0.2, -0.15) is 4.98 Å². The number of amides is 1. The van der Waals surface area contributed by atoms with Gasteiger partial charge in [0, 0.05) is 24.8 Å². The average molecular weight is 372 g/mol. The van der Waals surface area contributed by atoms with Crippen molar-refractivity contribution >= 4 is 17.5 Å². The number of hydrogen-bond donors (Lipinski definition) is 1.